The van der Waals surface area contributed by atoms with Crippen molar-refractivity contribution in [1.82, 2.24) is 10.2 Å². The highest BCUT2D eigenvalue weighted by Gasteiger charge is 2.12. The van der Waals surface area contributed by atoms with Crippen LogP contribution < -0.4 is 5.32 Å². The van der Waals surface area contributed by atoms with Crippen LogP contribution in [-0.4, -0.2) is 56.3 Å². The van der Waals surface area contributed by atoms with Gasteiger partial charge in [-0.1, -0.05) is 0 Å². The molecule has 1 aliphatic rings. The number of ether oxygens (including phenoxy) is 1. The number of esters is 1. The minimum atomic E-state index is -0.357. The number of nitrogens with one attached hydrogen (secondary N) is 1. The molecule has 0 aromatic carbocycles. The second-order valence-electron chi connectivity index (χ2n) is 3.86. The molecular weight excluding hydrogens is 232 g/mol. The van der Waals surface area contributed by atoms with Crippen LogP contribution in [0.25, 0.3) is 0 Å². The normalized spacial score (nSPS) is 17.6. The van der Waals surface area contributed by atoms with Gasteiger partial charge in [-0.3, -0.25) is 0 Å². The van der Waals surface area contributed by atoms with E-state index in [0.717, 1.165) is 26.2 Å². The molecule has 0 saturated carbocycles. The van der Waals surface area contributed by atoms with Gasteiger partial charge in [-0.25, -0.2) is 14.8 Å². The van der Waals surface area contributed by atoms with Crippen LogP contribution in [0.2, 0.25) is 0 Å². The Morgan fingerprint density at radius 3 is 2.72 bits per heavy atom. The SMILES string of the molecule is C=NC(=N/C=C(\C)C(=O)OCC)N1CCNCC1. The average Bonchev–Trinajstić information content (AvgIpc) is 2.40. The Labute approximate surface area is 107 Å². The summed E-state index contributed by atoms with van der Waals surface area (Å²) in [6, 6.07) is 0. The lowest BCUT2D eigenvalue weighted by Gasteiger charge is -2.27. The number of carbonyl (C=O) groups is 1. The highest BCUT2D eigenvalue weighted by atomic mass is 16.5. The Morgan fingerprint density at radius 1 is 1.50 bits per heavy atom. The van der Waals surface area contributed by atoms with Gasteiger partial charge in [0.25, 0.3) is 0 Å². The summed E-state index contributed by atoms with van der Waals surface area (Å²) in [7, 11) is 0. The molecule has 6 heteroatoms. The van der Waals surface area contributed by atoms with Gasteiger partial charge in [0.2, 0.25) is 5.96 Å². The molecule has 1 N–H and O–H groups in total. The maximum Gasteiger partial charge on any atom is 0.335 e. The first-order valence-corrected chi connectivity index (χ1v) is 6.03. The lowest BCUT2D eigenvalue weighted by Crippen LogP contribution is -2.45. The maximum atomic E-state index is 11.4. The fourth-order valence-corrected chi connectivity index (χ4v) is 1.54. The largest absolute Gasteiger partial charge is 0.463 e. The first-order chi connectivity index (χ1) is 8.69. The van der Waals surface area contributed by atoms with Crippen LogP contribution in [0, 0.1) is 0 Å². The van der Waals surface area contributed by atoms with Crippen LogP contribution in [0.3, 0.4) is 0 Å². The molecule has 1 saturated heterocycles. The van der Waals surface area contributed by atoms with Crippen molar-refractivity contribution < 1.29 is 9.53 Å². The van der Waals surface area contributed by atoms with Crippen molar-refractivity contribution in [2.75, 3.05) is 32.8 Å². The molecule has 1 heterocycles. The van der Waals surface area contributed by atoms with Gasteiger partial charge in [0.1, 0.15) is 0 Å². The maximum absolute atomic E-state index is 11.4. The van der Waals surface area contributed by atoms with Gasteiger partial charge in [-0.05, 0) is 20.6 Å². The smallest absolute Gasteiger partial charge is 0.335 e. The number of hydrogen-bond donors (Lipinski definition) is 1. The molecule has 0 aromatic heterocycles. The summed E-state index contributed by atoms with van der Waals surface area (Å²) in [5.74, 6) is 0.185. The summed E-state index contributed by atoms with van der Waals surface area (Å²) in [6.07, 6.45) is 1.48. The topological polar surface area (TPSA) is 66.3 Å². The van der Waals surface area contributed by atoms with Crippen molar-refractivity contribution in [3.63, 3.8) is 0 Å². The van der Waals surface area contributed by atoms with Crippen molar-refractivity contribution in [3.8, 4) is 0 Å². The zero-order chi connectivity index (χ0) is 13.4. The van der Waals surface area contributed by atoms with Crippen LogP contribution in [0.15, 0.2) is 21.8 Å². The molecule has 100 valence electrons. The number of carbonyl (C=O) groups excluding carboxylic acids is 1. The monoisotopic (exact) mass is 252 g/mol. The summed E-state index contributed by atoms with van der Waals surface area (Å²) in [6.45, 7) is 10.8. The highest BCUT2D eigenvalue weighted by molar-refractivity contribution is 5.89. The van der Waals surface area contributed by atoms with E-state index in [4.69, 9.17) is 4.74 Å². The van der Waals surface area contributed by atoms with Gasteiger partial charge < -0.3 is 15.0 Å². The summed E-state index contributed by atoms with van der Waals surface area (Å²) in [5.41, 5.74) is 0.452. The van der Waals surface area contributed by atoms with Crippen molar-refractivity contribution in [2.45, 2.75) is 13.8 Å². The number of aliphatic imine (C=N–C) groups is 2. The predicted octanol–water partition coefficient (Wildman–Crippen LogP) is 0.415. The highest BCUT2D eigenvalue weighted by Crippen LogP contribution is 2.01. The standard InChI is InChI=1S/C12H20N4O2/c1-4-18-11(17)10(2)9-15-12(13-3)16-7-5-14-6-8-16/h9,14H,3-8H2,1-2H3/b10-9+,15-12?. The van der Waals surface area contributed by atoms with E-state index in [1.807, 2.05) is 4.90 Å². The van der Waals surface area contributed by atoms with E-state index < -0.39 is 0 Å². The zero-order valence-electron chi connectivity index (χ0n) is 11.0. The first-order valence-electron chi connectivity index (χ1n) is 6.03. The fraction of sp³-hybridized carbons (Fsp3) is 0.583. The molecule has 1 rings (SSSR count). The molecule has 6 nitrogen and oxygen atoms in total. The van der Waals surface area contributed by atoms with Crippen molar-refractivity contribution in [2.24, 2.45) is 9.98 Å². The minimum absolute atomic E-state index is 0.357. The Balaban J connectivity index is 2.68. The van der Waals surface area contributed by atoms with E-state index in [2.05, 4.69) is 22.0 Å². The van der Waals surface area contributed by atoms with Gasteiger partial charge in [0, 0.05) is 32.4 Å². The Morgan fingerprint density at radius 2 is 2.17 bits per heavy atom. The Hall–Kier alpha value is -1.69. The third kappa shape index (κ3) is 4.29. The molecule has 0 aromatic rings. The summed E-state index contributed by atoms with van der Waals surface area (Å²) in [4.78, 5) is 21.5. The van der Waals surface area contributed by atoms with Gasteiger partial charge in [-0.2, -0.15) is 0 Å². The number of guanidine groups is 1. The zero-order valence-corrected chi connectivity index (χ0v) is 11.0. The van der Waals surface area contributed by atoms with Gasteiger partial charge in [0.05, 0.1) is 12.2 Å². The van der Waals surface area contributed by atoms with E-state index in [1.165, 1.54) is 6.20 Å². The Kier molecular flexibility index (Phi) is 6.07. The molecule has 18 heavy (non-hydrogen) atoms. The molecule has 1 aliphatic heterocycles. The predicted molar refractivity (Wildman–Crippen MR) is 71.8 cm³/mol. The molecule has 0 amide bonds. The van der Waals surface area contributed by atoms with Gasteiger partial charge in [-0.15, -0.1) is 0 Å². The molecule has 0 aliphatic carbocycles. The second kappa shape index (κ2) is 7.60. The van der Waals surface area contributed by atoms with E-state index in [-0.39, 0.29) is 5.97 Å². The van der Waals surface area contributed by atoms with Gasteiger partial charge in [0.15, 0.2) is 0 Å². The molecule has 0 unspecified atom stereocenters. The van der Waals surface area contributed by atoms with Crippen LogP contribution in [0.1, 0.15) is 13.8 Å². The average molecular weight is 252 g/mol. The van der Waals surface area contributed by atoms with E-state index >= 15 is 0 Å². The molecule has 0 radical (unpaired) electrons. The third-order valence-corrected chi connectivity index (χ3v) is 2.51. The molecule has 1 fully saturated rings. The van der Waals surface area contributed by atoms with E-state index in [9.17, 15) is 4.79 Å². The summed E-state index contributed by atoms with van der Waals surface area (Å²) >= 11 is 0. The van der Waals surface area contributed by atoms with E-state index in [0.29, 0.717) is 18.1 Å². The van der Waals surface area contributed by atoms with Crippen LogP contribution in [0.4, 0.5) is 0 Å². The summed E-state index contributed by atoms with van der Waals surface area (Å²) in [5, 5.41) is 3.25. The summed E-state index contributed by atoms with van der Waals surface area (Å²) < 4.78 is 4.87. The molecule has 0 spiro atoms. The van der Waals surface area contributed by atoms with E-state index in [1.54, 1.807) is 13.8 Å². The van der Waals surface area contributed by atoms with Crippen molar-refractivity contribution in [3.05, 3.63) is 11.8 Å². The third-order valence-electron chi connectivity index (χ3n) is 2.51. The minimum Gasteiger partial charge on any atom is -0.463 e. The number of rotatable bonds is 3. The first kappa shape index (κ1) is 14.4. The number of hydrogen-bond acceptors (Lipinski definition) is 4. The fourth-order valence-electron chi connectivity index (χ4n) is 1.54. The van der Waals surface area contributed by atoms with Crippen LogP contribution >= 0.6 is 0 Å². The molecular formula is C12H20N4O2. The number of piperazine rings is 1. The number of nitrogens with zero attached hydrogens (tertiary/aromatic N) is 3. The van der Waals surface area contributed by atoms with Crippen molar-refractivity contribution in [1.29, 1.82) is 0 Å². The lowest BCUT2D eigenvalue weighted by atomic mass is 10.3. The lowest BCUT2D eigenvalue weighted by molar-refractivity contribution is -0.138. The molecule has 0 atom stereocenters. The van der Waals surface area contributed by atoms with Crippen LogP contribution in [-0.2, 0) is 9.53 Å². The molecule has 0 bridgehead atoms. The second-order valence-corrected chi connectivity index (χ2v) is 3.86. The Bertz CT molecular complexity index is 357. The quantitative estimate of drug-likeness (QED) is 0.342. The van der Waals surface area contributed by atoms with Gasteiger partial charge >= 0.3 is 5.97 Å². The van der Waals surface area contributed by atoms with Crippen LogP contribution in [0.5, 0.6) is 0 Å². The van der Waals surface area contributed by atoms with Crippen molar-refractivity contribution >= 4 is 18.6 Å².